The monoisotopic (exact) mass is 474 g/mol. The van der Waals surface area contributed by atoms with Gasteiger partial charge in [-0.15, -0.1) is 0 Å². The molecule has 1 aliphatic carbocycles. The van der Waals surface area contributed by atoms with E-state index in [9.17, 15) is 9.59 Å². The van der Waals surface area contributed by atoms with E-state index < -0.39 is 5.41 Å². The fraction of sp³-hybridized carbons (Fsp3) is 0.100. The smallest absolute Gasteiger partial charge is 0.255 e. The summed E-state index contributed by atoms with van der Waals surface area (Å²) < 4.78 is 0. The van der Waals surface area contributed by atoms with Crippen LogP contribution in [0.4, 0.5) is 11.4 Å². The lowest BCUT2D eigenvalue weighted by Crippen LogP contribution is -2.32. The van der Waals surface area contributed by atoms with E-state index in [1.165, 1.54) is 0 Å². The van der Waals surface area contributed by atoms with Crippen molar-refractivity contribution >= 4 is 23.2 Å². The van der Waals surface area contributed by atoms with Crippen molar-refractivity contribution in [1.29, 1.82) is 0 Å². The molecule has 6 nitrogen and oxygen atoms in total. The van der Waals surface area contributed by atoms with E-state index >= 15 is 0 Å². The zero-order valence-electron chi connectivity index (χ0n) is 19.9. The van der Waals surface area contributed by atoms with Crippen molar-refractivity contribution in [3.05, 3.63) is 115 Å². The van der Waals surface area contributed by atoms with Crippen LogP contribution in [-0.4, -0.2) is 22.0 Å². The van der Waals surface area contributed by atoms with E-state index in [1.807, 2.05) is 104 Å². The molecule has 0 saturated heterocycles. The number of nitrogens with zero attached hydrogens (tertiary/aromatic N) is 1. The van der Waals surface area contributed by atoms with Crippen LogP contribution in [0.2, 0.25) is 0 Å². The van der Waals surface area contributed by atoms with Crippen molar-refractivity contribution < 1.29 is 9.59 Å². The van der Waals surface area contributed by atoms with Crippen LogP contribution in [-0.2, 0) is 4.79 Å². The summed E-state index contributed by atoms with van der Waals surface area (Å²) in [7, 11) is 0. The zero-order valence-corrected chi connectivity index (χ0v) is 19.9. The minimum Gasteiger partial charge on any atom is -0.325 e. The second kappa shape index (κ2) is 9.88. The van der Waals surface area contributed by atoms with E-state index in [0.29, 0.717) is 12.0 Å². The molecule has 0 radical (unpaired) electrons. The van der Waals surface area contributed by atoms with Crippen molar-refractivity contribution in [2.75, 3.05) is 10.6 Å². The number of aromatic amines is 1. The lowest BCUT2D eigenvalue weighted by Gasteiger charge is -2.25. The number of H-pyrrole nitrogens is 1. The van der Waals surface area contributed by atoms with Gasteiger partial charge in [0.15, 0.2) is 0 Å². The van der Waals surface area contributed by atoms with Crippen molar-refractivity contribution in [1.82, 2.24) is 10.2 Å². The highest BCUT2D eigenvalue weighted by molar-refractivity contribution is 6.04. The number of hydrogen-bond donors (Lipinski definition) is 3. The Morgan fingerprint density at radius 3 is 2.17 bits per heavy atom. The van der Waals surface area contributed by atoms with Gasteiger partial charge in [0, 0.05) is 22.5 Å². The number of benzene rings is 3. The van der Waals surface area contributed by atoms with Gasteiger partial charge in [-0.1, -0.05) is 66.8 Å². The Morgan fingerprint density at radius 1 is 0.833 bits per heavy atom. The molecule has 1 aromatic heterocycles. The third kappa shape index (κ3) is 5.03. The molecule has 0 saturated carbocycles. The van der Waals surface area contributed by atoms with Gasteiger partial charge in [-0.25, -0.2) is 0 Å². The Balaban J connectivity index is 1.23. The number of carbonyl (C=O) groups is 2. The Bertz CT molecular complexity index is 1430. The summed E-state index contributed by atoms with van der Waals surface area (Å²) in [5, 5.41) is 13.4. The molecule has 0 aliphatic heterocycles. The Hall–Kier alpha value is -4.71. The highest BCUT2D eigenvalue weighted by Crippen LogP contribution is 2.30. The van der Waals surface area contributed by atoms with Crippen LogP contribution in [0.5, 0.6) is 0 Å². The second-order valence-electron chi connectivity index (χ2n) is 9.00. The molecule has 0 spiro atoms. The molecule has 3 aromatic carbocycles. The van der Waals surface area contributed by atoms with E-state index in [-0.39, 0.29) is 11.8 Å². The van der Waals surface area contributed by atoms with Crippen LogP contribution in [0.1, 0.15) is 23.7 Å². The average Bonchev–Trinajstić information content (AvgIpc) is 3.41. The van der Waals surface area contributed by atoms with Crippen molar-refractivity contribution in [2.24, 2.45) is 5.41 Å². The maximum absolute atomic E-state index is 12.7. The van der Waals surface area contributed by atoms with E-state index in [0.717, 1.165) is 33.9 Å². The Morgan fingerprint density at radius 2 is 1.50 bits per heavy atom. The third-order valence-corrected chi connectivity index (χ3v) is 6.28. The van der Waals surface area contributed by atoms with Crippen LogP contribution < -0.4 is 10.6 Å². The fourth-order valence-corrected chi connectivity index (χ4v) is 4.04. The predicted octanol–water partition coefficient (Wildman–Crippen LogP) is 6.46. The number of carbonyl (C=O) groups excluding carboxylic acids is 2. The zero-order chi connectivity index (χ0) is 25.0. The first kappa shape index (κ1) is 23.1. The van der Waals surface area contributed by atoms with Crippen LogP contribution in [0.25, 0.3) is 22.5 Å². The molecule has 1 atom stereocenters. The SMILES string of the molecule is CC1(C(=O)Nc2ccc(-c3cc(-c4ccc(NC(=O)c5ccccc5)cc4)n[nH]3)cc2)C=CC=CC1. The highest BCUT2D eigenvalue weighted by atomic mass is 16.2. The number of anilines is 2. The summed E-state index contributed by atoms with van der Waals surface area (Å²) >= 11 is 0. The molecule has 0 fully saturated rings. The minimum absolute atomic E-state index is 0.0249. The lowest BCUT2D eigenvalue weighted by atomic mass is 9.83. The van der Waals surface area contributed by atoms with Crippen LogP contribution in [0.15, 0.2) is 109 Å². The van der Waals surface area contributed by atoms with Gasteiger partial charge in [0.1, 0.15) is 0 Å². The molecular formula is C30H26N4O2. The molecule has 0 bridgehead atoms. The van der Waals surface area contributed by atoms with Crippen molar-refractivity contribution in [2.45, 2.75) is 13.3 Å². The van der Waals surface area contributed by atoms with Gasteiger partial charge in [0.25, 0.3) is 5.91 Å². The van der Waals surface area contributed by atoms with Gasteiger partial charge in [0.05, 0.1) is 16.8 Å². The first-order valence-electron chi connectivity index (χ1n) is 11.8. The molecule has 5 rings (SSSR count). The van der Waals surface area contributed by atoms with E-state index in [2.05, 4.69) is 20.8 Å². The van der Waals surface area contributed by atoms with Crippen molar-refractivity contribution in [3.8, 4) is 22.5 Å². The van der Waals surface area contributed by atoms with E-state index in [1.54, 1.807) is 12.1 Å². The Labute approximate surface area is 209 Å². The van der Waals surface area contributed by atoms with Crippen LogP contribution in [0.3, 0.4) is 0 Å². The summed E-state index contributed by atoms with van der Waals surface area (Å²) in [6.07, 6.45) is 8.50. The first-order chi connectivity index (χ1) is 17.5. The normalized spacial score (nSPS) is 16.5. The number of hydrogen-bond acceptors (Lipinski definition) is 3. The van der Waals surface area contributed by atoms with Crippen LogP contribution >= 0.6 is 0 Å². The first-order valence-corrected chi connectivity index (χ1v) is 11.8. The van der Waals surface area contributed by atoms with Gasteiger partial charge in [-0.05, 0) is 61.4 Å². The highest BCUT2D eigenvalue weighted by Gasteiger charge is 2.30. The standard InChI is InChI=1S/C30H26N4O2/c1-30(18-6-3-7-19-30)29(36)32-25-16-12-22(13-17-25)27-20-26(33-34-27)21-10-14-24(15-11-21)31-28(35)23-8-4-2-5-9-23/h2-18,20H,19H2,1H3,(H,31,35)(H,32,36)(H,33,34). The number of rotatable bonds is 6. The van der Waals surface area contributed by atoms with Gasteiger partial charge < -0.3 is 10.6 Å². The largest absolute Gasteiger partial charge is 0.325 e. The second-order valence-corrected chi connectivity index (χ2v) is 9.00. The molecule has 1 unspecified atom stereocenters. The molecular weight excluding hydrogens is 448 g/mol. The summed E-state index contributed by atoms with van der Waals surface area (Å²) in [6, 6.07) is 26.4. The number of amides is 2. The molecule has 6 heteroatoms. The molecule has 178 valence electrons. The summed E-state index contributed by atoms with van der Waals surface area (Å²) in [5.41, 5.74) is 5.11. The van der Waals surface area contributed by atoms with Gasteiger partial charge in [0.2, 0.25) is 5.91 Å². The Kier molecular flexibility index (Phi) is 6.33. The molecule has 1 heterocycles. The molecule has 36 heavy (non-hydrogen) atoms. The van der Waals surface area contributed by atoms with Crippen molar-refractivity contribution in [3.63, 3.8) is 0 Å². The van der Waals surface area contributed by atoms with Crippen LogP contribution in [0, 0.1) is 5.41 Å². The fourth-order valence-electron chi connectivity index (χ4n) is 4.04. The van der Waals surface area contributed by atoms with E-state index in [4.69, 9.17) is 0 Å². The third-order valence-electron chi connectivity index (χ3n) is 6.28. The average molecular weight is 475 g/mol. The number of nitrogens with one attached hydrogen (secondary N) is 3. The molecule has 3 N–H and O–H groups in total. The predicted molar refractivity (Wildman–Crippen MR) is 143 cm³/mol. The maximum Gasteiger partial charge on any atom is 0.255 e. The summed E-state index contributed by atoms with van der Waals surface area (Å²) in [5.74, 6) is -0.172. The van der Waals surface area contributed by atoms with Gasteiger partial charge in [-0.3, -0.25) is 14.7 Å². The lowest BCUT2D eigenvalue weighted by molar-refractivity contribution is -0.122. The molecule has 4 aromatic rings. The topological polar surface area (TPSA) is 86.9 Å². The quantitative estimate of drug-likeness (QED) is 0.300. The maximum atomic E-state index is 12.7. The minimum atomic E-state index is -0.536. The van der Waals surface area contributed by atoms with Gasteiger partial charge >= 0.3 is 0 Å². The number of allylic oxidation sites excluding steroid dienone is 3. The molecule has 2 amide bonds. The number of aromatic nitrogens is 2. The molecule has 1 aliphatic rings. The summed E-state index contributed by atoms with van der Waals surface area (Å²) in [6.45, 7) is 1.94. The van der Waals surface area contributed by atoms with Gasteiger partial charge in [-0.2, -0.15) is 5.10 Å². The summed E-state index contributed by atoms with van der Waals surface area (Å²) in [4.78, 5) is 25.1.